The Bertz CT molecular complexity index is 776. The van der Waals surface area contributed by atoms with E-state index in [1.807, 2.05) is 37.3 Å². The highest BCUT2D eigenvalue weighted by atomic mass is 35.5. The highest BCUT2D eigenvalue weighted by Gasteiger charge is 2.39. The molecule has 2 amide bonds. The summed E-state index contributed by atoms with van der Waals surface area (Å²) >= 11 is 5.90. The summed E-state index contributed by atoms with van der Waals surface area (Å²) in [5.41, 5.74) is 1.09. The average molecular weight is 371 g/mol. The molecule has 0 unspecified atom stereocenters. The van der Waals surface area contributed by atoms with Gasteiger partial charge in [-0.25, -0.2) is 0 Å². The number of carbonyl (C=O) groups is 2. The van der Waals surface area contributed by atoms with Crippen LogP contribution in [0.1, 0.15) is 35.7 Å². The van der Waals surface area contributed by atoms with Crippen molar-refractivity contribution in [3.05, 3.63) is 70.7 Å². The molecule has 4 nitrogen and oxygen atoms in total. The van der Waals surface area contributed by atoms with Gasteiger partial charge in [0.15, 0.2) is 0 Å². The molecule has 0 bridgehead atoms. The Balaban J connectivity index is 1.64. The van der Waals surface area contributed by atoms with Crippen LogP contribution in [0.25, 0.3) is 0 Å². The maximum absolute atomic E-state index is 12.8. The lowest BCUT2D eigenvalue weighted by Crippen LogP contribution is -2.51. The minimum atomic E-state index is -0.574. The van der Waals surface area contributed by atoms with Crippen molar-refractivity contribution in [2.75, 3.05) is 13.1 Å². The summed E-state index contributed by atoms with van der Waals surface area (Å²) in [5, 5.41) is 3.62. The first kappa shape index (κ1) is 18.5. The van der Waals surface area contributed by atoms with Gasteiger partial charge in [0, 0.05) is 30.2 Å². The average Bonchev–Trinajstić information content (AvgIpc) is 2.67. The number of nitrogens with one attached hydrogen (secondary N) is 1. The van der Waals surface area contributed by atoms with Crippen molar-refractivity contribution in [1.82, 2.24) is 10.2 Å². The predicted molar refractivity (Wildman–Crippen MR) is 103 cm³/mol. The fraction of sp³-hybridized carbons (Fsp3) is 0.333. The molecule has 5 heteroatoms. The summed E-state index contributed by atoms with van der Waals surface area (Å²) in [4.78, 5) is 27.3. The molecule has 2 aromatic carbocycles. The summed E-state index contributed by atoms with van der Waals surface area (Å²) in [7, 11) is 0. The molecule has 1 saturated heterocycles. The van der Waals surface area contributed by atoms with Crippen molar-refractivity contribution in [1.29, 1.82) is 0 Å². The zero-order valence-electron chi connectivity index (χ0n) is 14.9. The minimum absolute atomic E-state index is 0.00467. The molecular weight excluding hydrogens is 348 g/mol. The highest BCUT2D eigenvalue weighted by Crippen LogP contribution is 2.30. The Morgan fingerprint density at radius 1 is 1.12 bits per heavy atom. The number of likely N-dealkylation sites (tertiary alicyclic amines) is 1. The second-order valence-corrected chi connectivity index (χ2v) is 7.50. The van der Waals surface area contributed by atoms with E-state index in [4.69, 9.17) is 11.6 Å². The molecule has 3 rings (SSSR count). The Labute approximate surface area is 159 Å². The van der Waals surface area contributed by atoms with E-state index in [9.17, 15) is 9.59 Å². The summed E-state index contributed by atoms with van der Waals surface area (Å²) in [6.45, 7) is 3.53. The molecule has 2 aromatic rings. The molecule has 1 N–H and O–H groups in total. The number of rotatable bonds is 4. The first-order chi connectivity index (χ1) is 12.5. The molecule has 0 aliphatic carbocycles. The van der Waals surface area contributed by atoms with E-state index in [1.54, 1.807) is 29.2 Å². The van der Waals surface area contributed by atoms with Crippen LogP contribution in [0, 0.1) is 5.41 Å². The molecule has 0 spiro atoms. The van der Waals surface area contributed by atoms with Gasteiger partial charge in [-0.1, -0.05) is 41.9 Å². The normalized spacial score (nSPS) is 19.8. The number of hydrogen-bond donors (Lipinski definition) is 1. The number of amides is 2. The third-order valence-corrected chi connectivity index (χ3v) is 5.17. The van der Waals surface area contributed by atoms with Gasteiger partial charge in [0.2, 0.25) is 5.91 Å². The summed E-state index contributed by atoms with van der Waals surface area (Å²) in [6, 6.07) is 16.7. The smallest absolute Gasteiger partial charge is 0.253 e. The standard InChI is InChI=1S/C21H23ClN2O2/c1-21(20(26)23-14-16-6-3-2-4-7-16)12-5-13-24(15-21)19(25)17-8-10-18(22)11-9-17/h2-4,6-11H,5,12-15H2,1H3,(H,23,26)/t21-/m0/s1. The zero-order valence-corrected chi connectivity index (χ0v) is 15.6. The first-order valence-corrected chi connectivity index (χ1v) is 9.23. The van der Waals surface area contributed by atoms with E-state index in [0.717, 1.165) is 18.4 Å². The van der Waals surface area contributed by atoms with Gasteiger partial charge >= 0.3 is 0 Å². The van der Waals surface area contributed by atoms with E-state index < -0.39 is 5.41 Å². The van der Waals surface area contributed by atoms with Crippen LogP contribution in [0.15, 0.2) is 54.6 Å². The number of benzene rings is 2. The molecule has 1 atom stereocenters. The van der Waals surface area contributed by atoms with Gasteiger partial charge in [0.25, 0.3) is 5.91 Å². The third-order valence-electron chi connectivity index (χ3n) is 4.92. The van der Waals surface area contributed by atoms with Crippen molar-refractivity contribution in [3.8, 4) is 0 Å². The van der Waals surface area contributed by atoms with Gasteiger partial charge < -0.3 is 10.2 Å². The van der Waals surface area contributed by atoms with E-state index in [1.165, 1.54) is 0 Å². The lowest BCUT2D eigenvalue weighted by molar-refractivity contribution is -0.132. The van der Waals surface area contributed by atoms with Crippen LogP contribution in [-0.4, -0.2) is 29.8 Å². The highest BCUT2D eigenvalue weighted by molar-refractivity contribution is 6.30. The van der Waals surface area contributed by atoms with Crippen LogP contribution in [0.4, 0.5) is 0 Å². The van der Waals surface area contributed by atoms with Crippen molar-refractivity contribution in [2.45, 2.75) is 26.3 Å². The maximum Gasteiger partial charge on any atom is 0.253 e. The van der Waals surface area contributed by atoms with Gasteiger partial charge in [0.05, 0.1) is 5.41 Å². The largest absolute Gasteiger partial charge is 0.351 e. The molecule has 0 radical (unpaired) electrons. The lowest BCUT2D eigenvalue weighted by atomic mass is 9.80. The molecule has 1 aliphatic heterocycles. The molecule has 1 fully saturated rings. The monoisotopic (exact) mass is 370 g/mol. The van der Waals surface area contributed by atoms with Crippen molar-refractivity contribution >= 4 is 23.4 Å². The fourth-order valence-corrected chi connectivity index (χ4v) is 3.49. The van der Waals surface area contributed by atoms with Crippen LogP contribution in [0.2, 0.25) is 5.02 Å². The van der Waals surface area contributed by atoms with E-state index in [0.29, 0.717) is 30.2 Å². The summed E-state index contributed by atoms with van der Waals surface area (Å²) < 4.78 is 0. The van der Waals surface area contributed by atoms with Gasteiger partial charge in [-0.15, -0.1) is 0 Å². The Morgan fingerprint density at radius 3 is 2.50 bits per heavy atom. The quantitative estimate of drug-likeness (QED) is 0.887. The number of hydrogen-bond acceptors (Lipinski definition) is 2. The van der Waals surface area contributed by atoms with Crippen molar-refractivity contribution in [3.63, 3.8) is 0 Å². The molecule has 136 valence electrons. The van der Waals surface area contributed by atoms with Gasteiger partial charge in [-0.05, 0) is 49.6 Å². The molecule has 26 heavy (non-hydrogen) atoms. The number of carbonyl (C=O) groups excluding carboxylic acids is 2. The maximum atomic E-state index is 12.8. The van der Waals surface area contributed by atoms with Crippen LogP contribution in [0.3, 0.4) is 0 Å². The van der Waals surface area contributed by atoms with Crippen molar-refractivity contribution in [2.24, 2.45) is 5.41 Å². The fourth-order valence-electron chi connectivity index (χ4n) is 3.36. The summed E-state index contributed by atoms with van der Waals surface area (Å²) in [5.74, 6) is -0.0570. The van der Waals surface area contributed by atoms with Crippen LogP contribution in [-0.2, 0) is 11.3 Å². The van der Waals surface area contributed by atoms with Gasteiger partial charge in [-0.2, -0.15) is 0 Å². The predicted octanol–water partition coefficient (Wildman–Crippen LogP) is 3.90. The van der Waals surface area contributed by atoms with Crippen LogP contribution in [0.5, 0.6) is 0 Å². The number of nitrogens with zero attached hydrogens (tertiary/aromatic N) is 1. The van der Waals surface area contributed by atoms with Crippen LogP contribution >= 0.6 is 11.6 Å². The Kier molecular flexibility index (Phi) is 5.62. The van der Waals surface area contributed by atoms with Gasteiger partial charge in [-0.3, -0.25) is 9.59 Å². The molecule has 0 aromatic heterocycles. The molecule has 1 aliphatic rings. The zero-order chi connectivity index (χ0) is 18.6. The Morgan fingerprint density at radius 2 is 1.81 bits per heavy atom. The molecule has 1 heterocycles. The first-order valence-electron chi connectivity index (χ1n) is 8.85. The van der Waals surface area contributed by atoms with E-state index in [2.05, 4.69) is 5.32 Å². The molecular formula is C21H23ClN2O2. The topological polar surface area (TPSA) is 49.4 Å². The second-order valence-electron chi connectivity index (χ2n) is 7.07. The molecule has 0 saturated carbocycles. The minimum Gasteiger partial charge on any atom is -0.351 e. The second kappa shape index (κ2) is 7.92. The van der Waals surface area contributed by atoms with Gasteiger partial charge in [0.1, 0.15) is 0 Å². The third kappa shape index (κ3) is 4.25. The SMILES string of the molecule is C[C@]1(C(=O)NCc2ccccc2)CCCN(C(=O)c2ccc(Cl)cc2)C1. The van der Waals surface area contributed by atoms with E-state index in [-0.39, 0.29) is 11.8 Å². The number of halogens is 1. The van der Waals surface area contributed by atoms with E-state index >= 15 is 0 Å². The lowest BCUT2D eigenvalue weighted by Gasteiger charge is -2.39. The summed E-state index contributed by atoms with van der Waals surface area (Å²) in [6.07, 6.45) is 1.59. The van der Waals surface area contributed by atoms with Crippen LogP contribution < -0.4 is 5.32 Å². The van der Waals surface area contributed by atoms with Crippen molar-refractivity contribution < 1.29 is 9.59 Å². The number of piperidine rings is 1. The Hall–Kier alpha value is -2.33.